The first-order valence-corrected chi connectivity index (χ1v) is 4.93. The van der Waals surface area contributed by atoms with E-state index in [9.17, 15) is 4.79 Å². The van der Waals surface area contributed by atoms with E-state index in [1.165, 1.54) is 7.11 Å². The largest absolute Gasteiger partial charge is 0.468 e. The van der Waals surface area contributed by atoms with E-state index in [0.717, 1.165) is 12.2 Å². The van der Waals surface area contributed by atoms with Crippen molar-refractivity contribution < 1.29 is 9.53 Å². The molecule has 0 saturated heterocycles. The maximum Gasteiger partial charge on any atom is 0.319 e. The molecule has 1 aromatic heterocycles. The summed E-state index contributed by atoms with van der Waals surface area (Å²) < 4.78 is 6.37. The first-order chi connectivity index (χ1) is 7.15. The summed E-state index contributed by atoms with van der Waals surface area (Å²) in [6, 6.07) is 1.94. The Kier molecular flexibility index (Phi) is 4.30. The number of hydrogen-bond acceptors (Lipinski definition) is 4. The number of aromatic nitrogens is 2. The Hall–Kier alpha value is -1.36. The smallest absolute Gasteiger partial charge is 0.319 e. The lowest BCUT2D eigenvalue weighted by Gasteiger charge is -2.17. The van der Waals surface area contributed by atoms with Crippen LogP contribution in [0.25, 0.3) is 0 Å². The summed E-state index contributed by atoms with van der Waals surface area (Å²) in [5.41, 5.74) is 0.961. The van der Waals surface area contributed by atoms with Crippen LogP contribution < -0.4 is 0 Å². The molecule has 0 unspecified atom stereocenters. The fraction of sp³-hybridized carbons (Fsp3) is 0.600. The quantitative estimate of drug-likeness (QED) is 0.662. The van der Waals surface area contributed by atoms with Crippen LogP contribution in [0.15, 0.2) is 12.3 Å². The van der Waals surface area contributed by atoms with Crippen molar-refractivity contribution in [2.75, 3.05) is 20.2 Å². The Labute approximate surface area is 89.6 Å². The number of rotatable bonds is 5. The van der Waals surface area contributed by atoms with Crippen LogP contribution in [-0.2, 0) is 23.1 Å². The minimum Gasteiger partial charge on any atom is -0.468 e. The number of carbonyl (C=O) groups is 1. The Morgan fingerprint density at radius 2 is 2.40 bits per heavy atom. The van der Waals surface area contributed by atoms with Gasteiger partial charge < -0.3 is 4.74 Å². The molecule has 0 radical (unpaired) electrons. The van der Waals surface area contributed by atoms with E-state index < -0.39 is 0 Å². The number of carbonyl (C=O) groups excluding carboxylic acids is 1. The highest BCUT2D eigenvalue weighted by atomic mass is 16.5. The molecule has 0 aromatic carbocycles. The third-order valence-corrected chi connectivity index (χ3v) is 2.18. The van der Waals surface area contributed by atoms with E-state index in [1.807, 2.05) is 31.1 Å². The van der Waals surface area contributed by atoms with Crippen molar-refractivity contribution in [2.45, 2.75) is 13.5 Å². The number of likely N-dealkylation sites (N-methyl/N-ethyl adjacent to an activating group) is 1. The van der Waals surface area contributed by atoms with Crippen molar-refractivity contribution in [1.82, 2.24) is 14.7 Å². The lowest BCUT2D eigenvalue weighted by molar-refractivity contribution is -0.142. The predicted molar refractivity (Wildman–Crippen MR) is 56.2 cm³/mol. The molecule has 1 rings (SSSR count). The van der Waals surface area contributed by atoms with E-state index in [2.05, 4.69) is 9.84 Å². The zero-order chi connectivity index (χ0) is 11.3. The van der Waals surface area contributed by atoms with Gasteiger partial charge in [0, 0.05) is 19.8 Å². The molecule has 0 atom stereocenters. The topological polar surface area (TPSA) is 47.4 Å². The van der Waals surface area contributed by atoms with Crippen LogP contribution in [0.2, 0.25) is 0 Å². The van der Waals surface area contributed by atoms with E-state index in [4.69, 9.17) is 0 Å². The number of ether oxygens (including phenoxy) is 1. The van der Waals surface area contributed by atoms with Gasteiger partial charge in [-0.2, -0.15) is 5.10 Å². The Morgan fingerprint density at radius 1 is 1.67 bits per heavy atom. The summed E-state index contributed by atoms with van der Waals surface area (Å²) >= 11 is 0. The summed E-state index contributed by atoms with van der Waals surface area (Å²) in [6.07, 6.45) is 1.89. The zero-order valence-electron chi connectivity index (χ0n) is 9.43. The van der Waals surface area contributed by atoms with Crippen molar-refractivity contribution >= 4 is 5.97 Å². The predicted octanol–water partition coefficient (Wildman–Crippen LogP) is 0.415. The van der Waals surface area contributed by atoms with E-state index in [-0.39, 0.29) is 5.97 Å². The number of hydrogen-bond donors (Lipinski definition) is 0. The number of aryl methyl sites for hydroxylation is 1. The average molecular weight is 211 g/mol. The van der Waals surface area contributed by atoms with Gasteiger partial charge in [0.05, 0.1) is 19.3 Å². The zero-order valence-corrected chi connectivity index (χ0v) is 9.43. The van der Waals surface area contributed by atoms with Crippen LogP contribution in [0.4, 0.5) is 0 Å². The highest BCUT2D eigenvalue weighted by Gasteiger charge is 2.10. The highest BCUT2D eigenvalue weighted by Crippen LogP contribution is 2.01. The normalized spacial score (nSPS) is 10.7. The SMILES string of the molecule is CCN(CC(=O)OC)Cc1ccn(C)n1. The minimum atomic E-state index is -0.215. The van der Waals surface area contributed by atoms with E-state index in [1.54, 1.807) is 4.68 Å². The summed E-state index contributed by atoms with van der Waals surface area (Å²) in [4.78, 5) is 13.1. The van der Waals surface area contributed by atoms with Crippen LogP contribution >= 0.6 is 0 Å². The summed E-state index contributed by atoms with van der Waals surface area (Å²) in [7, 11) is 3.27. The molecule has 84 valence electrons. The Bertz CT molecular complexity index is 322. The van der Waals surface area contributed by atoms with Crippen molar-refractivity contribution in [3.63, 3.8) is 0 Å². The standard InChI is InChI=1S/C10H17N3O2/c1-4-13(8-10(14)15-3)7-9-5-6-12(2)11-9/h5-6H,4,7-8H2,1-3H3. The molecule has 0 amide bonds. The molecule has 0 aliphatic heterocycles. The van der Waals surface area contributed by atoms with Crippen molar-refractivity contribution in [3.8, 4) is 0 Å². The molecule has 5 heteroatoms. The monoisotopic (exact) mass is 211 g/mol. The second kappa shape index (κ2) is 5.50. The van der Waals surface area contributed by atoms with Gasteiger partial charge in [-0.3, -0.25) is 14.4 Å². The second-order valence-corrected chi connectivity index (χ2v) is 3.36. The third kappa shape index (κ3) is 3.71. The molecule has 0 aliphatic rings. The van der Waals surface area contributed by atoms with Crippen molar-refractivity contribution in [3.05, 3.63) is 18.0 Å². The van der Waals surface area contributed by atoms with E-state index in [0.29, 0.717) is 13.1 Å². The third-order valence-electron chi connectivity index (χ3n) is 2.18. The minimum absolute atomic E-state index is 0.215. The second-order valence-electron chi connectivity index (χ2n) is 3.36. The lowest BCUT2D eigenvalue weighted by Crippen LogP contribution is -2.30. The average Bonchev–Trinajstić information content (AvgIpc) is 2.62. The van der Waals surface area contributed by atoms with Gasteiger partial charge in [-0.05, 0) is 12.6 Å². The van der Waals surface area contributed by atoms with Crippen molar-refractivity contribution in [1.29, 1.82) is 0 Å². The fourth-order valence-corrected chi connectivity index (χ4v) is 1.30. The van der Waals surface area contributed by atoms with Gasteiger partial charge in [-0.25, -0.2) is 0 Å². The van der Waals surface area contributed by atoms with Gasteiger partial charge in [-0.15, -0.1) is 0 Å². The Morgan fingerprint density at radius 3 is 2.87 bits per heavy atom. The van der Waals surface area contributed by atoms with Crippen LogP contribution in [0.3, 0.4) is 0 Å². The van der Waals surface area contributed by atoms with Crippen molar-refractivity contribution in [2.24, 2.45) is 7.05 Å². The molecule has 0 spiro atoms. The van der Waals surface area contributed by atoms with Gasteiger partial charge in [-0.1, -0.05) is 6.92 Å². The number of esters is 1. The van der Waals surface area contributed by atoms with Gasteiger partial charge in [0.15, 0.2) is 0 Å². The van der Waals surface area contributed by atoms with Gasteiger partial charge >= 0.3 is 5.97 Å². The van der Waals surface area contributed by atoms with Crippen LogP contribution in [0, 0.1) is 0 Å². The Balaban J connectivity index is 2.50. The number of methoxy groups -OCH3 is 1. The molecule has 0 bridgehead atoms. The van der Waals surface area contributed by atoms with Gasteiger partial charge in [0.25, 0.3) is 0 Å². The van der Waals surface area contributed by atoms with Crippen LogP contribution in [-0.4, -0.2) is 40.8 Å². The van der Waals surface area contributed by atoms with Crippen LogP contribution in [0.5, 0.6) is 0 Å². The number of nitrogens with zero attached hydrogens (tertiary/aromatic N) is 3. The molecule has 1 aromatic rings. The van der Waals surface area contributed by atoms with Crippen LogP contribution in [0.1, 0.15) is 12.6 Å². The molecule has 0 N–H and O–H groups in total. The highest BCUT2D eigenvalue weighted by molar-refractivity contribution is 5.71. The summed E-state index contributed by atoms with van der Waals surface area (Å²) in [6.45, 7) is 3.79. The molecule has 0 fully saturated rings. The molecular formula is C10H17N3O2. The maximum atomic E-state index is 11.1. The maximum absolute atomic E-state index is 11.1. The van der Waals surface area contributed by atoms with Gasteiger partial charge in [0.1, 0.15) is 0 Å². The molecule has 0 aliphatic carbocycles. The summed E-state index contributed by atoms with van der Waals surface area (Å²) in [5.74, 6) is -0.215. The van der Waals surface area contributed by atoms with E-state index >= 15 is 0 Å². The molecular weight excluding hydrogens is 194 g/mol. The molecule has 15 heavy (non-hydrogen) atoms. The van der Waals surface area contributed by atoms with Gasteiger partial charge in [0.2, 0.25) is 0 Å². The molecule has 1 heterocycles. The lowest BCUT2D eigenvalue weighted by atomic mass is 10.3. The summed E-state index contributed by atoms with van der Waals surface area (Å²) in [5, 5.41) is 4.25. The molecule has 0 saturated carbocycles. The first kappa shape index (κ1) is 11.7. The first-order valence-electron chi connectivity index (χ1n) is 4.93. The molecule has 5 nitrogen and oxygen atoms in total. The fourth-order valence-electron chi connectivity index (χ4n) is 1.30.